The largest absolute Gasteiger partial charge is 0.403 e. The third-order valence-electron chi connectivity index (χ3n) is 6.85. The minimum Gasteiger partial charge on any atom is -0.403 e. The summed E-state index contributed by atoms with van der Waals surface area (Å²) in [7, 11) is -1.95. The summed E-state index contributed by atoms with van der Waals surface area (Å²) in [4.78, 5) is 37.3. The van der Waals surface area contributed by atoms with Crippen molar-refractivity contribution in [1.82, 2.24) is 9.78 Å². The molecule has 1 aliphatic rings. The Labute approximate surface area is 214 Å². The van der Waals surface area contributed by atoms with Crippen LogP contribution in [0.2, 0.25) is 0 Å². The van der Waals surface area contributed by atoms with Gasteiger partial charge in [-0.1, -0.05) is 13.8 Å². The second kappa shape index (κ2) is 8.91. The summed E-state index contributed by atoms with van der Waals surface area (Å²) >= 11 is 0. The Morgan fingerprint density at radius 3 is 2.35 bits per heavy atom. The highest BCUT2D eigenvalue weighted by atomic mass is 32.2. The molecule has 1 aliphatic heterocycles. The van der Waals surface area contributed by atoms with Gasteiger partial charge in [0.05, 0.1) is 26.8 Å². The van der Waals surface area contributed by atoms with Crippen LogP contribution in [0.25, 0.3) is 0 Å². The van der Waals surface area contributed by atoms with E-state index in [1.807, 2.05) is 13.8 Å². The van der Waals surface area contributed by atoms with Gasteiger partial charge in [-0.3, -0.25) is 14.9 Å². The standard InChI is InChI=1S/C26H27N3O7S/c1-14-13-19(15(2)21-23(14)37(34,35)12-11-26(21,4)5)22(30)20-16(3)27-28(6)24(20)36-25(31)17-7-9-18(10-8-17)29(32)33/h7-10,13H,11-12H2,1-6H3. The van der Waals surface area contributed by atoms with Crippen molar-refractivity contribution >= 4 is 27.3 Å². The molecule has 0 atom stereocenters. The first-order valence-electron chi connectivity index (χ1n) is 11.6. The van der Waals surface area contributed by atoms with Gasteiger partial charge >= 0.3 is 5.97 Å². The lowest BCUT2D eigenvalue weighted by Crippen LogP contribution is -2.33. The van der Waals surface area contributed by atoms with Gasteiger partial charge in [0, 0.05) is 24.7 Å². The first kappa shape index (κ1) is 26.2. The predicted octanol–water partition coefficient (Wildman–Crippen LogP) is 4.16. The number of aromatic nitrogens is 2. The fraction of sp³-hybridized carbons (Fsp3) is 0.346. The van der Waals surface area contributed by atoms with Gasteiger partial charge in [-0.05, 0) is 67.5 Å². The number of esters is 1. The Kier molecular flexibility index (Phi) is 6.31. The van der Waals surface area contributed by atoms with E-state index in [4.69, 9.17) is 4.74 Å². The molecule has 4 rings (SSSR count). The van der Waals surface area contributed by atoms with Gasteiger partial charge in [0.15, 0.2) is 9.84 Å². The van der Waals surface area contributed by atoms with Crippen LogP contribution in [-0.2, 0) is 22.3 Å². The summed E-state index contributed by atoms with van der Waals surface area (Å²) in [6.07, 6.45) is 0.435. The van der Waals surface area contributed by atoms with Crippen molar-refractivity contribution in [2.45, 2.75) is 51.3 Å². The van der Waals surface area contributed by atoms with Gasteiger partial charge in [-0.2, -0.15) is 5.10 Å². The molecule has 0 fully saturated rings. The highest BCUT2D eigenvalue weighted by Gasteiger charge is 2.40. The van der Waals surface area contributed by atoms with Gasteiger partial charge in [0.1, 0.15) is 5.56 Å². The van der Waals surface area contributed by atoms with Gasteiger partial charge in [0.2, 0.25) is 11.7 Å². The fourth-order valence-corrected chi connectivity index (χ4v) is 7.25. The van der Waals surface area contributed by atoms with E-state index in [1.165, 1.54) is 36.0 Å². The molecule has 0 N–H and O–H groups in total. The number of ether oxygens (including phenoxy) is 1. The van der Waals surface area contributed by atoms with E-state index in [-0.39, 0.29) is 33.3 Å². The Hall–Kier alpha value is -3.86. The number of nitro groups is 1. The van der Waals surface area contributed by atoms with E-state index in [9.17, 15) is 28.1 Å². The first-order chi connectivity index (χ1) is 17.2. The van der Waals surface area contributed by atoms with Crippen LogP contribution in [0.15, 0.2) is 35.2 Å². The minimum absolute atomic E-state index is 0.0467. The number of aryl methyl sites for hydroxylation is 3. The number of nitro benzene ring substituents is 1. The number of carbonyl (C=O) groups excluding carboxylic acids is 2. The normalized spacial score (nSPS) is 15.6. The van der Waals surface area contributed by atoms with Gasteiger partial charge in [0.25, 0.3) is 5.69 Å². The van der Waals surface area contributed by atoms with Crippen molar-refractivity contribution in [3.05, 3.63) is 79.5 Å². The van der Waals surface area contributed by atoms with E-state index >= 15 is 0 Å². The molecule has 0 bridgehead atoms. The third kappa shape index (κ3) is 4.43. The van der Waals surface area contributed by atoms with Crippen LogP contribution in [-0.4, -0.2) is 40.6 Å². The number of sulfone groups is 1. The van der Waals surface area contributed by atoms with Crippen molar-refractivity contribution in [3.8, 4) is 5.88 Å². The Morgan fingerprint density at radius 1 is 1.14 bits per heavy atom. The number of nitrogens with zero attached hydrogens (tertiary/aromatic N) is 3. The molecular weight excluding hydrogens is 498 g/mol. The second-order valence-electron chi connectivity index (χ2n) is 9.93. The number of hydrogen-bond acceptors (Lipinski definition) is 8. The van der Waals surface area contributed by atoms with Gasteiger partial charge in [-0.15, -0.1) is 0 Å². The molecule has 194 valence electrons. The zero-order chi connectivity index (χ0) is 27.4. The molecule has 0 amide bonds. The lowest BCUT2D eigenvalue weighted by Gasteiger charge is -2.35. The van der Waals surface area contributed by atoms with Crippen molar-refractivity contribution < 1.29 is 27.7 Å². The van der Waals surface area contributed by atoms with Crippen LogP contribution in [0.3, 0.4) is 0 Å². The van der Waals surface area contributed by atoms with Crippen molar-refractivity contribution in [3.63, 3.8) is 0 Å². The van der Waals surface area contributed by atoms with Crippen LogP contribution < -0.4 is 4.74 Å². The molecule has 1 aromatic heterocycles. The lowest BCUT2D eigenvalue weighted by molar-refractivity contribution is -0.384. The number of carbonyl (C=O) groups is 2. The maximum Gasteiger partial charge on any atom is 0.344 e. The molecule has 0 saturated heterocycles. The molecule has 0 saturated carbocycles. The van der Waals surface area contributed by atoms with Crippen LogP contribution in [0.1, 0.15) is 68.9 Å². The molecule has 11 heteroatoms. The Bertz CT molecular complexity index is 1580. The number of fused-ring (bicyclic) bond motifs is 1. The highest BCUT2D eigenvalue weighted by Crippen LogP contribution is 2.43. The molecule has 0 aliphatic carbocycles. The van der Waals surface area contributed by atoms with Crippen LogP contribution in [0, 0.1) is 30.9 Å². The fourth-order valence-electron chi connectivity index (χ4n) is 4.98. The summed E-state index contributed by atoms with van der Waals surface area (Å²) in [5.41, 5.74) is 1.84. The van der Waals surface area contributed by atoms with Crippen LogP contribution in [0.4, 0.5) is 5.69 Å². The first-order valence-corrected chi connectivity index (χ1v) is 13.2. The average molecular weight is 526 g/mol. The summed E-state index contributed by atoms with van der Waals surface area (Å²) in [6, 6.07) is 6.48. The maximum absolute atomic E-state index is 13.9. The molecule has 0 unspecified atom stereocenters. The van der Waals surface area contributed by atoms with Crippen molar-refractivity contribution in [1.29, 1.82) is 0 Å². The third-order valence-corrected chi connectivity index (χ3v) is 8.74. The van der Waals surface area contributed by atoms with Crippen molar-refractivity contribution in [2.24, 2.45) is 7.05 Å². The summed E-state index contributed by atoms with van der Waals surface area (Å²) in [6.45, 7) is 8.97. The van der Waals surface area contributed by atoms with E-state index in [2.05, 4.69) is 5.10 Å². The molecule has 2 heterocycles. The smallest absolute Gasteiger partial charge is 0.344 e. The summed E-state index contributed by atoms with van der Waals surface area (Å²) in [5, 5.41) is 15.2. The second-order valence-corrected chi connectivity index (χ2v) is 12.0. The molecule has 37 heavy (non-hydrogen) atoms. The van der Waals surface area contributed by atoms with Gasteiger partial charge < -0.3 is 4.74 Å². The van der Waals surface area contributed by atoms with E-state index in [1.54, 1.807) is 26.8 Å². The Morgan fingerprint density at radius 2 is 1.76 bits per heavy atom. The maximum atomic E-state index is 13.9. The Balaban J connectivity index is 1.80. The molecular formula is C26H27N3O7S. The number of non-ortho nitro benzene ring substituents is 1. The monoisotopic (exact) mass is 525 g/mol. The molecule has 0 radical (unpaired) electrons. The summed E-state index contributed by atoms with van der Waals surface area (Å²) < 4.78 is 32.7. The molecule has 3 aromatic rings. The number of rotatable bonds is 5. The number of ketones is 1. The number of benzene rings is 2. The highest BCUT2D eigenvalue weighted by molar-refractivity contribution is 7.91. The quantitative estimate of drug-likeness (QED) is 0.209. The molecule has 2 aromatic carbocycles. The number of hydrogen-bond donors (Lipinski definition) is 0. The zero-order valence-electron chi connectivity index (χ0n) is 21.4. The van der Waals surface area contributed by atoms with Crippen LogP contribution in [0.5, 0.6) is 5.88 Å². The SMILES string of the molecule is Cc1cc(C(=O)c2c(C)nn(C)c2OC(=O)c2ccc([N+](=O)[O-])cc2)c(C)c2c1S(=O)(=O)CCC2(C)C. The van der Waals surface area contributed by atoms with E-state index < -0.39 is 31.9 Å². The topological polar surface area (TPSA) is 138 Å². The molecule has 10 nitrogen and oxygen atoms in total. The van der Waals surface area contributed by atoms with E-state index in [0.717, 1.165) is 0 Å². The van der Waals surface area contributed by atoms with E-state index in [0.29, 0.717) is 34.4 Å². The summed E-state index contributed by atoms with van der Waals surface area (Å²) in [5.74, 6) is -1.28. The minimum atomic E-state index is -3.48. The van der Waals surface area contributed by atoms with Gasteiger partial charge in [-0.25, -0.2) is 17.9 Å². The zero-order valence-corrected chi connectivity index (χ0v) is 22.2. The van der Waals surface area contributed by atoms with Crippen LogP contribution >= 0.6 is 0 Å². The lowest BCUT2D eigenvalue weighted by atomic mass is 9.76. The van der Waals surface area contributed by atoms with Crippen molar-refractivity contribution in [2.75, 3.05) is 5.75 Å². The molecule has 0 spiro atoms. The average Bonchev–Trinajstić information content (AvgIpc) is 3.09. The predicted molar refractivity (Wildman–Crippen MR) is 135 cm³/mol.